The van der Waals surface area contributed by atoms with E-state index < -0.39 is 8.32 Å². The van der Waals surface area contributed by atoms with Gasteiger partial charge < -0.3 is 0 Å². The maximum atomic E-state index is 6.07. The Hall–Kier alpha value is 0.0200. The van der Waals surface area contributed by atoms with Crippen molar-refractivity contribution in [1.29, 1.82) is 0 Å². The molecule has 18 heavy (non-hydrogen) atoms. The number of hydrogen-bond donors (Lipinski definition) is 0. The van der Waals surface area contributed by atoms with E-state index in [0.717, 1.165) is 6.61 Å². The fourth-order valence-electron chi connectivity index (χ4n) is 2.30. The van der Waals surface area contributed by atoms with Crippen molar-refractivity contribution in [1.82, 2.24) is 0 Å². The van der Waals surface area contributed by atoms with Crippen molar-refractivity contribution in [2.75, 3.05) is 0 Å². The summed E-state index contributed by atoms with van der Waals surface area (Å²) in [6, 6.07) is 4.50. The van der Waals surface area contributed by atoms with Crippen molar-refractivity contribution < 1.29 is 29.1 Å². The average Bonchev–Trinajstić information content (AvgIpc) is 2.54. The van der Waals surface area contributed by atoms with Gasteiger partial charge in [0.05, 0.1) is 0 Å². The second-order valence-corrected chi connectivity index (χ2v) is 12.0. The van der Waals surface area contributed by atoms with Crippen LogP contribution in [0, 0.1) is 6.92 Å². The van der Waals surface area contributed by atoms with E-state index in [1.807, 2.05) is 0 Å². The van der Waals surface area contributed by atoms with Gasteiger partial charge in [0.25, 0.3) is 0 Å². The number of fused-ring (bicyclic) bond motifs is 1. The first-order valence-electron chi connectivity index (χ1n) is 6.45. The predicted molar refractivity (Wildman–Crippen MR) is 75.7 cm³/mol. The van der Waals surface area contributed by atoms with Gasteiger partial charge in [-0.25, -0.2) is 0 Å². The molecule has 0 saturated carbocycles. The van der Waals surface area contributed by atoms with Gasteiger partial charge in [-0.15, -0.1) is 0 Å². The molecule has 95 valence electrons. The van der Waals surface area contributed by atoms with E-state index >= 15 is 0 Å². The Labute approximate surface area is 127 Å². The quantitative estimate of drug-likeness (QED) is 0.746. The summed E-state index contributed by atoms with van der Waals surface area (Å²) in [4.78, 5) is 0. The van der Waals surface area contributed by atoms with Crippen LogP contribution in [0.15, 0.2) is 17.7 Å². The Morgan fingerprint density at radius 2 is 1.89 bits per heavy atom. The molecule has 0 N–H and O–H groups in total. The molecule has 0 aliphatic heterocycles. The van der Waals surface area contributed by atoms with E-state index in [1.54, 1.807) is 30.3 Å². The van der Waals surface area contributed by atoms with Crippen LogP contribution in [0.3, 0.4) is 0 Å². The molecule has 1 nitrogen and oxygen atoms in total. The first-order valence-corrected chi connectivity index (χ1v) is 11.3. The molecule has 3 heteroatoms. The molecule has 0 heterocycles. The summed E-state index contributed by atoms with van der Waals surface area (Å²) in [5.41, 5.74) is 7.28. The van der Waals surface area contributed by atoms with Gasteiger partial charge in [0.2, 0.25) is 0 Å². The zero-order valence-corrected chi connectivity index (χ0v) is 15.4. The fourth-order valence-corrected chi connectivity index (χ4v) is 4.04. The molecular formula is C15H21OSiZr. The molecule has 2 rings (SSSR count). The van der Waals surface area contributed by atoms with Gasteiger partial charge in [-0.1, -0.05) is 0 Å². The molecule has 0 radical (unpaired) electrons. The maximum absolute atomic E-state index is 6.07. The first-order chi connectivity index (χ1) is 8.29. The van der Waals surface area contributed by atoms with Crippen molar-refractivity contribution in [2.45, 2.75) is 43.7 Å². The zero-order chi connectivity index (χ0) is 13.5. The second kappa shape index (κ2) is 5.19. The standard InChI is InChI=1S/C15H21OSi.Zr/c1-11-8-14-12(2)6-7-13(15(14)9-11)10-16-17(3,4)5;/h6-9H,10H2,1-5H3;. The fraction of sp³-hybridized carbons (Fsp3) is 0.467. The Kier molecular flexibility index (Phi) is 4.16. The Bertz CT molecular complexity index is 500. The SMILES string of the molecule is CC1=Cc2c(CO[Si](C)(C)C)ccc(C)c2[CH]1[Zr]. The van der Waals surface area contributed by atoms with Crippen LogP contribution in [0.1, 0.15) is 32.8 Å². The van der Waals surface area contributed by atoms with E-state index in [-0.39, 0.29) is 0 Å². The summed E-state index contributed by atoms with van der Waals surface area (Å²) in [7, 11) is -1.44. The molecule has 1 aliphatic rings. The number of rotatable bonds is 3. The second-order valence-electron chi connectivity index (χ2n) is 6.09. The first kappa shape index (κ1) is 14.4. The van der Waals surface area contributed by atoms with Crippen LogP contribution < -0.4 is 0 Å². The van der Waals surface area contributed by atoms with Crippen molar-refractivity contribution in [3.63, 3.8) is 0 Å². The molecule has 1 aliphatic carbocycles. The molecule has 0 fully saturated rings. The van der Waals surface area contributed by atoms with Gasteiger partial charge in [-0.3, -0.25) is 0 Å². The molecule has 0 amide bonds. The molecule has 1 aromatic carbocycles. The van der Waals surface area contributed by atoms with Gasteiger partial charge in [0.1, 0.15) is 0 Å². The van der Waals surface area contributed by atoms with Gasteiger partial charge >= 0.3 is 127 Å². The van der Waals surface area contributed by atoms with Gasteiger partial charge in [0, 0.05) is 0 Å². The minimum atomic E-state index is -1.44. The van der Waals surface area contributed by atoms with Crippen molar-refractivity contribution in [2.24, 2.45) is 0 Å². The normalized spacial score (nSPS) is 18.7. The predicted octanol–water partition coefficient (Wildman–Crippen LogP) is 4.35. The summed E-state index contributed by atoms with van der Waals surface area (Å²) >= 11 is 1.59. The van der Waals surface area contributed by atoms with E-state index in [4.69, 9.17) is 4.43 Å². The summed E-state index contributed by atoms with van der Waals surface area (Å²) in [6.07, 6.45) is 2.37. The van der Waals surface area contributed by atoms with Crippen LogP contribution in [-0.4, -0.2) is 8.32 Å². The number of benzene rings is 1. The zero-order valence-electron chi connectivity index (χ0n) is 11.9. The van der Waals surface area contributed by atoms with E-state index in [1.165, 1.54) is 22.3 Å². The molecule has 1 aromatic rings. The summed E-state index contributed by atoms with van der Waals surface area (Å²) in [6.45, 7) is 12.0. The monoisotopic (exact) mass is 335 g/mol. The van der Waals surface area contributed by atoms with Crippen LogP contribution in [0.5, 0.6) is 0 Å². The topological polar surface area (TPSA) is 9.23 Å². The molecule has 0 aromatic heterocycles. The van der Waals surface area contributed by atoms with Crippen LogP contribution in [0.4, 0.5) is 0 Å². The summed E-state index contributed by atoms with van der Waals surface area (Å²) < 4.78 is 6.72. The van der Waals surface area contributed by atoms with E-state index in [9.17, 15) is 0 Å². The molecule has 0 saturated heterocycles. The van der Waals surface area contributed by atoms with E-state index in [0.29, 0.717) is 3.63 Å². The van der Waals surface area contributed by atoms with Crippen LogP contribution in [0.2, 0.25) is 19.6 Å². The summed E-state index contributed by atoms with van der Waals surface area (Å²) in [5.74, 6) is 0. The Balaban J connectivity index is 2.35. The molecule has 1 unspecified atom stereocenters. The Morgan fingerprint density at radius 3 is 2.50 bits per heavy atom. The number of hydrogen-bond acceptors (Lipinski definition) is 1. The number of aryl methyl sites for hydroxylation is 1. The van der Waals surface area contributed by atoms with Gasteiger partial charge in [0.15, 0.2) is 0 Å². The van der Waals surface area contributed by atoms with Crippen molar-refractivity contribution in [3.8, 4) is 0 Å². The minimum absolute atomic E-state index is 0.652. The third-order valence-electron chi connectivity index (χ3n) is 3.37. The van der Waals surface area contributed by atoms with Gasteiger partial charge in [-0.05, 0) is 0 Å². The molecule has 0 spiro atoms. The number of allylic oxidation sites excluding steroid dienone is 1. The third-order valence-corrected chi connectivity index (χ3v) is 6.21. The molecule has 1 atom stereocenters. The van der Waals surface area contributed by atoms with Crippen LogP contribution in [-0.2, 0) is 35.8 Å². The van der Waals surface area contributed by atoms with Crippen molar-refractivity contribution in [3.05, 3.63) is 40.0 Å². The third kappa shape index (κ3) is 2.95. The molecule has 0 bridgehead atoms. The van der Waals surface area contributed by atoms with E-state index in [2.05, 4.69) is 51.7 Å². The molecular weight excluding hydrogens is 315 g/mol. The van der Waals surface area contributed by atoms with Gasteiger partial charge in [-0.2, -0.15) is 0 Å². The average molecular weight is 337 g/mol. The summed E-state index contributed by atoms with van der Waals surface area (Å²) in [5, 5.41) is 0. The van der Waals surface area contributed by atoms with Crippen LogP contribution in [0.25, 0.3) is 6.08 Å². The Morgan fingerprint density at radius 1 is 1.22 bits per heavy atom. The van der Waals surface area contributed by atoms with Crippen molar-refractivity contribution >= 4 is 14.4 Å². The van der Waals surface area contributed by atoms with Crippen LogP contribution >= 0.6 is 0 Å².